The van der Waals surface area contributed by atoms with Crippen LogP contribution in [-0.4, -0.2) is 57.7 Å². The maximum absolute atomic E-state index is 10.0. The van der Waals surface area contributed by atoms with Crippen LogP contribution in [0.5, 0.6) is 0 Å². The summed E-state index contributed by atoms with van der Waals surface area (Å²) in [6, 6.07) is -1.26. The van der Waals surface area contributed by atoms with Gasteiger partial charge in [0, 0.05) is 0 Å². The zero-order chi connectivity index (χ0) is 9.72. The quantitative estimate of drug-likeness (QED) is 0.280. The average molecular weight is 179 g/mol. The number of aldehydes is 1. The summed E-state index contributed by atoms with van der Waals surface area (Å²) in [7, 11) is 0. The molecule has 4 atom stereocenters. The van der Waals surface area contributed by atoms with Crippen LogP contribution in [0.4, 0.5) is 0 Å². The van der Waals surface area contributed by atoms with E-state index in [2.05, 4.69) is 0 Å². The number of carbonyl (C=O) groups is 1. The second-order valence-electron chi connectivity index (χ2n) is 2.44. The maximum atomic E-state index is 10.0. The summed E-state index contributed by atoms with van der Waals surface area (Å²) >= 11 is 0. The second kappa shape index (κ2) is 5.18. The molecule has 72 valence electrons. The van der Waals surface area contributed by atoms with Crippen molar-refractivity contribution in [2.24, 2.45) is 5.73 Å². The van der Waals surface area contributed by atoms with Crippen LogP contribution in [0.25, 0.3) is 0 Å². The molecule has 0 saturated carbocycles. The highest BCUT2D eigenvalue weighted by Crippen LogP contribution is 2.01. The molecule has 0 amide bonds. The van der Waals surface area contributed by atoms with Crippen LogP contribution in [-0.2, 0) is 4.79 Å². The SMILES string of the molecule is N[C@@H](C=O)C(O)[C@@H](O)[C@H](O)CO. The normalized spacial score (nSPS) is 21.1. The van der Waals surface area contributed by atoms with Crippen LogP contribution in [0.3, 0.4) is 0 Å². The van der Waals surface area contributed by atoms with Crippen LogP contribution < -0.4 is 5.73 Å². The number of carbonyl (C=O) groups excluding carboxylic acids is 1. The molecule has 0 heterocycles. The third kappa shape index (κ3) is 2.84. The summed E-state index contributed by atoms with van der Waals surface area (Å²) in [5.41, 5.74) is 5.04. The highest BCUT2D eigenvalue weighted by molar-refractivity contribution is 5.58. The van der Waals surface area contributed by atoms with E-state index in [4.69, 9.17) is 26.2 Å². The van der Waals surface area contributed by atoms with Crippen molar-refractivity contribution in [3.8, 4) is 0 Å². The van der Waals surface area contributed by atoms with Gasteiger partial charge in [0.1, 0.15) is 24.6 Å². The van der Waals surface area contributed by atoms with Gasteiger partial charge in [0.2, 0.25) is 0 Å². The van der Waals surface area contributed by atoms with Gasteiger partial charge in [0.05, 0.1) is 12.6 Å². The lowest BCUT2D eigenvalue weighted by Gasteiger charge is -2.23. The van der Waals surface area contributed by atoms with Gasteiger partial charge in [-0.1, -0.05) is 0 Å². The van der Waals surface area contributed by atoms with Crippen LogP contribution in [0.15, 0.2) is 0 Å². The molecule has 0 aliphatic carbocycles. The summed E-state index contributed by atoms with van der Waals surface area (Å²) in [6.45, 7) is -0.705. The Morgan fingerprint density at radius 3 is 2.08 bits per heavy atom. The van der Waals surface area contributed by atoms with Gasteiger partial charge in [-0.15, -0.1) is 0 Å². The smallest absolute Gasteiger partial charge is 0.139 e. The van der Waals surface area contributed by atoms with E-state index in [0.717, 1.165) is 0 Å². The predicted octanol–water partition coefficient (Wildman–Crippen LogP) is -3.41. The van der Waals surface area contributed by atoms with Crippen molar-refractivity contribution in [2.45, 2.75) is 24.4 Å². The number of aliphatic hydroxyl groups is 4. The van der Waals surface area contributed by atoms with Gasteiger partial charge in [0.25, 0.3) is 0 Å². The Morgan fingerprint density at radius 2 is 1.75 bits per heavy atom. The van der Waals surface area contributed by atoms with E-state index in [1.54, 1.807) is 0 Å². The Labute approximate surface area is 69.2 Å². The van der Waals surface area contributed by atoms with Gasteiger partial charge in [0.15, 0.2) is 0 Å². The van der Waals surface area contributed by atoms with Gasteiger partial charge < -0.3 is 31.0 Å². The van der Waals surface area contributed by atoms with E-state index in [1.807, 2.05) is 0 Å². The Kier molecular flexibility index (Phi) is 4.95. The fraction of sp³-hybridized carbons (Fsp3) is 0.833. The molecule has 0 aromatic heterocycles. The largest absolute Gasteiger partial charge is 0.394 e. The molecule has 0 saturated heterocycles. The van der Waals surface area contributed by atoms with Crippen molar-refractivity contribution in [3.05, 3.63) is 0 Å². The molecule has 0 aliphatic heterocycles. The van der Waals surface area contributed by atoms with E-state index in [0.29, 0.717) is 0 Å². The van der Waals surface area contributed by atoms with E-state index in [9.17, 15) is 4.79 Å². The summed E-state index contributed by atoms with van der Waals surface area (Å²) in [4.78, 5) is 10.0. The van der Waals surface area contributed by atoms with Crippen molar-refractivity contribution in [3.63, 3.8) is 0 Å². The molecule has 1 unspecified atom stereocenters. The zero-order valence-corrected chi connectivity index (χ0v) is 6.37. The highest BCUT2D eigenvalue weighted by atomic mass is 16.4. The number of aliphatic hydroxyl groups excluding tert-OH is 4. The van der Waals surface area contributed by atoms with Gasteiger partial charge >= 0.3 is 0 Å². The van der Waals surface area contributed by atoms with Crippen LogP contribution in [0.2, 0.25) is 0 Å². The van der Waals surface area contributed by atoms with Crippen LogP contribution in [0, 0.1) is 0 Å². The van der Waals surface area contributed by atoms with Crippen molar-refractivity contribution in [1.82, 2.24) is 0 Å². The zero-order valence-electron chi connectivity index (χ0n) is 6.37. The van der Waals surface area contributed by atoms with Crippen LogP contribution >= 0.6 is 0 Å². The number of nitrogens with two attached hydrogens (primary N) is 1. The molecular weight excluding hydrogens is 166 g/mol. The number of rotatable bonds is 5. The minimum absolute atomic E-state index is 0.248. The van der Waals surface area contributed by atoms with Crippen molar-refractivity contribution in [2.75, 3.05) is 6.61 Å². The molecule has 0 radical (unpaired) electrons. The average Bonchev–Trinajstić information content (AvgIpc) is 2.12. The van der Waals surface area contributed by atoms with Crippen molar-refractivity contribution in [1.29, 1.82) is 0 Å². The topological polar surface area (TPSA) is 124 Å². The summed E-state index contributed by atoms with van der Waals surface area (Å²) in [5, 5.41) is 35.2. The predicted molar refractivity (Wildman–Crippen MR) is 39.1 cm³/mol. The fourth-order valence-corrected chi connectivity index (χ4v) is 0.644. The molecule has 6 nitrogen and oxygen atoms in total. The Balaban J connectivity index is 4.07. The fourth-order valence-electron chi connectivity index (χ4n) is 0.644. The first-order valence-electron chi connectivity index (χ1n) is 3.40. The van der Waals surface area contributed by atoms with E-state index in [-0.39, 0.29) is 6.29 Å². The highest BCUT2D eigenvalue weighted by Gasteiger charge is 2.28. The molecule has 0 rings (SSSR count). The molecule has 6 heteroatoms. The molecule has 0 fully saturated rings. The van der Waals surface area contributed by atoms with E-state index >= 15 is 0 Å². The maximum Gasteiger partial charge on any atom is 0.139 e. The lowest BCUT2D eigenvalue weighted by Crippen LogP contribution is -2.49. The molecule has 0 aromatic rings. The van der Waals surface area contributed by atoms with Gasteiger partial charge in [-0.3, -0.25) is 0 Å². The minimum Gasteiger partial charge on any atom is -0.394 e. The van der Waals surface area contributed by atoms with Gasteiger partial charge in [-0.2, -0.15) is 0 Å². The van der Waals surface area contributed by atoms with Crippen molar-refractivity contribution >= 4 is 6.29 Å². The lowest BCUT2D eigenvalue weighted by molar-refractivity contribution is -0.118. The van der Waals surface area contributed by atoms with E-state index in [1.165, 1.54) is 0 Å². The summed E-state index contributed by atoms with van der Waals surface area (Å²) < 4.78 is 0. The van der Waals surface area contributed by atoms with Crippen molar-refractivity contribution < 1.29 is 25.2 Å². The third-order valence-electron chi connectivity index (χ3n) is 1.48. The first-order chi connectivity index (χ1) is 5.54. The Hall–Kier alpha value is -0.530. The van der Waals surface area contributed by atoms with Gasteiger partial charge in [-0.05, 0) is 0 Å². The molecule has 6 N–H and O–H groups in total. The molecule has 0 bridgehead atoms. The molecular formula is C6H13NO5. The summed E-state index contributed by atoms with van der Waals surface area (Å²) in [6.07, 6.45) is -4.43. The summed E-state index contributed by atoms with van der Waals surface area (Å²) in [5.74, 6) is 0. The standard InChI is InChI=1S/C6H13NO5/c7-3(1-8)5(11)6(12)4(10)2-9/h1,3-6,9-12H,2,7H2/t3-,4+,5?,6-/m0/s1. The molecule has 12 heavy (non-hydrogen) atoms. The molecule has 0 spiro atoms. The monoisotopic (exact) mass is 179 g/mol. The number of hydrogen-bond donors (Lipinski definition) is 5. The first kappa shape index (κ1) is 11.5. The minimum atomic E-state index is -1.62. The van der Waals surface area contributed by atoms with E-state index < -0.39 is 31.0 Å². The van der Waals surface area contributed by atoms with Gasteiger partial charge in [-0.25, -0.2) is 0 Å². The Bertz CT molecular complexity index is 142. The third-order valence-corrected chi connectivity index (χ3v) is 1.48. The molecule has 0 aliphatic rings. The first-order valence-corrected chi connectivity index (χ1v) is 3.40. The number of hydrogen-bond acceptors (Lipinski definition) is 6. The van der Waals surface area contributed by atoms with Crippen LogP contribution in [0.1, 0.15) is 0 Å². The second-order valence-corrected chi connectivity index (χ2v) is 2.44. The lowest BCUT2D eigenvalue weighted by atomic mass is 10.0. The Morgan fingerprint density at radius 1 is 1.25 bits per heavy atom. The molecule has 0 aromatic carbocycles.